The summed E-state index contributed by atoms with van der Waals surface area (Å²) in [5, 5.41) is 9.87. The molecule has 4 nitrogen and oxygen atoms in total. The van der Waals surface area contributed by atoms with E-state index in [1.165, 1.54) is 0 Å². The Kier molecular flexibility index (Phi) is 2.87. The number of benzene rings is 1. The van der Waals surface area contributed by atoms with E-state index >= 15 is 0 Å². The first-order valence-corrected chi connectivity index (χ1v) is 6.65. The van der Waals surface area contributed by atoms with E-state index < -0.39 is 0 Å². The maximum Gasteiger partial charge on any atom is 0.0931 e. The molecule has 0 saturated heterocycles. The fraction of sp³-hybridized carbons (Fsp3) is 0.154. The minimum atomic E-state index is -0.0673. The number of rotatable bonds is 3. The van der Waals surface area contributed by atoms with Gasteiger partial charge in [0.25, 0.3) is 0 Å². The third-order valence-corrected chi connectivity index (χ3v) is 3.80. The lowest BCUT2D eigenvalue weighted by Crippen LogP contribution is -2.29. The van der Waals surface area contributed by atoms with Crippen molar-refractivity contribution in [2.24, 2.45) is 12.9 Å². The molecule has 2 heterocycles. The Labute approximate surface area is 109 Å². The van der Waals surface area contributed by atoms with Gasteiger partial charge in [-0.3, -0.25) is 10.5 Å². The zero-order valence-electron chi connectivity index (χ0n) is 10.00. The van der Waals surface area contributed by atoms with E-state index in [1.54, 1.807) is 11.3 Å². The number of hydrogen-bond acceptors (Lipinski definition) is 4. The Bertz CT molecular complexity index is 657. The van der Waals surface area contributed by atoms with Crippen molar-refractivity contribution in [2.45, 2.75) is 6.04 Å². The fourth-order valence-corrected chi connectivity index (χ4v) is 2.91. The molecule has 0 saturated carbocycles. The van der Waals surface area contributed by atoms with Gasteiger partial charge in [0, 0.05) is 12.4 Å². The van der Waals surface area contributed by atoms with Crippen LogP contribution in [-0.4, -0.2) is 9.78 Å². The second-order valence-corrected chi connectivity index (χ2v) is 4.96. The zero-order valence-corrected chi connectivity index (χ0v) is 10.8. The summed E-state index contributed by atoms with van der Waals surface area (Å²) in [6.07, 6.45) is 0. The van der Waals surface area contributed by atoms with Gasteiger partial charge in [-0.2, -0.15) is 16.4 Å². The van der Waals surface area contributed by atoms with Gasteiger partial charge < -0.3 is 0 Å². The van der Waals surface area contributed by atoms with Gasteiger partial charge in [0.05, 0.1) is 17.3 Å². The van der Waals surface area contributed by atoms with Crippen LogP contribution >= 0.6 is 11.3 Å². The summed E-state index contributed by atoms with van der Waals surface area (Å²) in [4.78, 5) is 0. The van der Waals surface area contributed by atoms with E-state index in [0.717, 1.165) is 22.2 Å². The number of nitrogens with two attached hydrogens (primary N) is 1. The van der Waals surface area contributed by atoms with Crippen molar-refractivity contribution in [3.8, 4) is 0 Å². The monoisotopic (exact) mass is 258 g/mol. The topological polar surface area (TPSA) is 55.9 Å². The molecule has 0 aliphatic rings. The molecular formula is C13H14N4S. The summed E-state index contributed by atoms with van der Waals surface area (Å²) in [7, 11) is 1.95. The molecule has 0 aliphatic carbocycles. The molecule has 1 aromatic carbocycles. The quantitative estimate of drug-likeness (QED) is 0.559. The number of aromatic nitrogens is 2. The van der Waals surface area contributed by atoms with Gasteiger partial charge in [-0.05, 0) is 28.5 Å². The summed E-state index contributed by atoms with van der Waals surface area (Å²) in [6, 6.07) is 10.2. The number of nitrogens with zero attached hydrogens (tertiary/aromatic N) is 2. The number of fused-ring (bicyclic) bond motifs is 1. The molecule has 1 unspecified atom stereocenters. The van der Waals surface area contributed by atoms with Crippen LogP contribution in [0.15, 0.2) is 41.1 Å². The van der Waals surface area contributed by atoms with Crippen LogP contribution in [0.2, 0.25) is 0 Å². The van der Waals surface area contributed by atoms with E-state index in [1.807, 2.05) is 29.2 Å². The largest absolute Gasteiger partial charge is 0.271 e. The molecule has 0 amide bonds. The van der Waals surface area contributed by atoms with Gasteiger partial charge >= 0.3 is 0 Å². The minimum Gasteiger partial charge on any atom is -0.271 e. The average Bonchev–Trinajstić information content (AvgIpc) is 3.01. The summed E-state index contributed by atoms with van der Waals surface area (Å²) >= 11 is 1.66. The maximum absolute atomic E-state index is 5.70. The number of para-hydroxylation sites is 1. The van der Waals surface area contributed by atoms with Crippen LogP contribution in [0.5, 0.6) is 0 Å². The summed E-state index contributed by atoms with van der Waals surface area (Å²) in [5.74, 6) is 5.70. The SMILES string of the molecule is Cn1nc(C(NN)c2ccsc2)c2ccccc21. The smallest absolute Gasteiger partial charge is 0.0931 e. The number of hydrazine groups is 1. The highest BCUT2D eigenvalue weighted by Crippen LogP contribution is 2.28. The predicted molar refractivity (Wildman–Crippen MR) is 74.2 cm³/mol. The number of hydrogen-bond donors (Lipinski definition) is 2. The normalized spacial score (nSPS) is 13.0. The van der Waals surface area contributed by atoms with Gasteiger partial charge in [-0.15, -0.1) is 0 Å². The first kappa shape index (κ1) is 11.4. The highest BCUT2D eigenvalue weighted by Gasteiger charge is 2.19. The van der Waals surface area contributed by atoms with Crippen LogP contribution < -0.4 is 11.3 Å². The summed E-state index contributed by atoms with van der Waals surface area (Å²) in [6.45, 7) is 0. The molecular weight excluding hydrogens is 244 g/mol. The number of aryl methyl sites for hydroxylation is 1. The standard InChI is InChI=1S/C13H14N4S/c1-17-11-5-3-2-4-10(11)13(16-17)12(15-14)9-6-7-18-8-9/h2-8,12,15H,14H2,1H3. The van der Waals surface area contributed by atoms with Crippen molar-refractivity contribution in [1.29, 1.82) is 0 Å². The maximum atomic E-state index is 5.70. The van der Waals surface area contributed by atoms with Gasteiger partial charge in [-0.1, -0.05) is 18.2 Å². The van der Waals surface area contributed by atoms with Crippen LogP contribution in [0, 0.1) is 0 Å². The zero-order chi connectivity index (χ0) is 12.5. The molecule has 3 N–H and O–H groups in total. The average molecular weight is 258 g/mol. The van der Waals surface area contributed by atoms with Crippen LogP contribution in [0.4, 0.5) is 0 Å². The van der Waals surface area contributed by atoms with Crippen LogP contribution in [-0.2, 0) is 7.05 Å². The number of nitrogens with one attached hydrogen (secondary N) is 1. The lowest BCUT2D eigenvalue weighted by molar-refractivity contribution is 0.609. The van der Waals surface area contributed by atoms with Crippen molar-refractivity contribution in [1.82, 2.24) is 15.2 Å². The van der Waals surface area contributed by atoms with Crippen molar-refractivity contribution in [3.05, 3.63) is 52.3 Å². The predicted octanol–water partition coefficient (Wildman–Crippen LogP) is 2.19. The summed E-state index contributed by atoms with van der Waals surface area (Å²) in [5.41, 5.74) is 6.08. The summed E-state index contributed by atoms with van der Waals surface area (Å²) < 4.78 is 1.89. The molecule has 1 atom stereocenters. The van der Waals surface area contributed by atoms with Gasteiger partial charge in [-0.25, -0.2) is 5.43 Å². The first-order chi connectivity index (χ1) is 8.81. The van der Waals surface area contributed by atoms with Crippen LogP contribution in [0.3, 0.4) is 0 Å². The molecule has 3 rings (SSSR count). The Hall–Kier alpha value is -1.69. The van der Waals surface area contributed by atoms with E-state index in [-0.39, 0.29) is 6.04 Å². The van der Waals surface area contributed by atoms with Crippen LogP contribution in [0.1, 0.15) is 17.3 Å². The molecule has 0 spiro atoms. The Morgan fingerprint density at radius 1 is 1.33 bits per heavy atom. The van der Waals surface area contributed by atoms with E-state index in [4.69, 9.17) is 5.84 Å². The van der Waals surface area contributed by atoms with Crippen LogP contribution in [0.25, 0.3) is 10.9 Å². The molecule has 0 radical (unpaired) electrons. The second kappa shape index (κ2) is 4.53. The molecule has 5 heteroatoms. The van der Waals surface area contributed by atoms with Crippen molar-refractivity contribution < 1.29 is 0 Å². The third-order valence-electron chi connectivity index (χ3n) is 3.10. The molecule has 18 heavy (non-hydrogen) atoms. The van der Waals surface area contributed by atoms with E-state index in [0.29, 0.717) is 0 Å². The van der Waals surface area contributed by atoms with Crippen molar-refractivity contribution in [3.63, 3.8) is 0 Å². The fourth-order valence-electron chi connectivity index (χ4n) is 2.23. The molecule has 0 bridgehead atoms. The molecule has 92 valence electrons. The Morgan fingerprint density at radius 2 is 2.17 bits per heavy atom. The first-order valence-electron chi connectivity index (χ1n) is 5.71. The Morgan fingerprint density at radius 3 is 2.89 bits per heavy atom. The van der Waals surface area contributed by atoms with Gasteiger partial charge in [0.1, 0.15) is 0 Å². The lowest BCUT2D eigenvalue weighted by atomic mass is 10.0. The highest BCUT2D eigenvalue weighted by molar-refractivity contribution is 7.08. The third kappa shape index (κ3) is 1.73. The Balaban J connectivity index is 2.19. The molecule has 0 fully saturated rings. The highest BCUT2D eigenvalue weighted by atomic mass is 32.1. The van der Waals surface area contributed by atoms with Gasteiger partial charge in [0.15, 0.2) is 0 Å². The number of thiophene rings is 1. The van der Waals surface area contributed by atoms with Crippen molar-refractivity contribution in [2.75, 3.05) is 0 Å². The minimum absolute atomic E-state index is 0.0673. The molecule has 3 aromatic rings. The molecule has 0 aliphatic heterocycles. The van der Waals surface area contributed by atoms with Crippen molar-refractivity contribution >= 4 is 22.2 Å². The lowest BCUT2D eigenvalue weighted by Gasteiger charge is -2.12. The van der Waals surface area contributed by atoms with E-state index in [2.05, 4.69) is 34.1 Å². The second-order valence-electron chi connectivity index (χ2n) is 4.18. The molecule has 2 aromatic heterocycles. The van der Waals surface area contributed by atoms with Gasteiger partial charge in [0.2, 0.25) is 0 Å². The van der Waals surface area contributed by atoms with E-state index in [9.17, 15) is 0 Å².